The van der Waals surface area contributed by atoms with Gasteiger partial charge < -0.3 is 5.73 Å². The molecule has 8 heteroatoms. The topological polar surface area (TPSA) is 111 Å². The maximum atomic E-state index is 12.2. The third kappa shape index (κ3) is 2.77. The van der Waals surface area contributed by atoms with Crippen molar-refractivity contribution in [1.29, 1.82) is 0 Å². The molecule has 3 N–H and O–H groups in total. The van der Waals surface area contributed by atoms with Crippen molar-refractivity contribution in [2.24, 2.45) is 0 Å². The van der Waals surface area contributed by atoms with E-state index in [1.807, 2.05) is 0 Å². The first-order valence-corrected chi connectivity index (χ1v) is 7.70. The number of nitro groups is 1. The number of amides is 1. The predicted octanol–water partition coefficient (Wildman–Crippen LogP) is 2.76. The third-order valence-electron chi connectivity index (χ3n) is 3.56. The molecule has 0 saturated carbocycles. The summed E-state index contributed by atoms with van der Waals surface area (Å²) in [6.45, 7) is 0. The summed E-state index contributed by atoms with van der Waals surface area (Å²) in [5.74, 6) is -0.422. The number of thiazole rings is 1. The number of aromatic nitrogens is 1. The van der Waals surface area contributed by atoms with Crippen LogP contribution in [-0.2, 0) is 12.8 Å². The average Bonchev–Trinajstić information content (AvgIpc) is 2.89. The molecule has 0 radical (unpaired) electrons. The Morgan fingerprint density at radius 1 is 1.36 bits per heavy atom. The van der Waals surface area contributed by atoms with Crippen LogP contribution in [0.15, 0.2) is 18.2 Å². The number of nitrogens with two attached hydrogens (primary N) is 1. The van der Waals surface area contributed by atoms with Crippen molar-refractivity contribution in [1.82, 2.24) is 4.98 Å². The highest BCUT2D eigenvalue weighted by atomic mass is 32.1. The molecule has 0 unspecified atom stereocenters. The Labute approximate surface area is 130 Å². The number of nitrogen functional groups attached to an aromatic ring is 1. The Kier molecular flexibility index (Phi) is 3.76. The number of nitrogens with one attached hydrogen (secondary N) is 1. The van der Waals surface area contributed by atoms with E-state index in [0.29, 0.717) is 5.13 Å². The largest absolute Gasteiger partial charge is 0.393 e. The Hall–Kier alpha value is -2.48. The van der Waals surface area contributed by atoms with Crippen LogP contribution in [0.2, 0.25) is 0 Å². The zero-order valence-electron chi connectivity index (χ0n) is 11.7. The van der Waals surface area contributed by atoms with Gasteiger partial charge in [-0.05, 0) is 37.8 Å². The van der Waals surface area contributed by atoms with Gasteiger partial charge in [0.1, 0.15) is 5.69 Å². The standard InChI is InChI=1S/C14H14N4O3S/c15-9-6-5-8(7-11(9)18(20)21)13(19)17-14-16-10-3-1-2-4-12(10)22-14/h5-7H,1-4,15H2,(H,16,17,19). The lowest BCUT2D eigenvalue weighted by Gasteiger charge is -2.06. The number of nitrogens with zero attached hydrogens (tertiary/aromatic N) is 2. The van der Waals surface area contributed by atoms with Gasteiger partial charge in [-0.1, -0.05) is 0 Å². The molecule has 1 aliphatic rings. The van der Waals surface area contributed by atoms with E-state index in [0.717, 1.165) is 31.4 Å². The fraction of sp³-hybridized carbons (Fsp3) is 0.286. The van der Waals surface area contributed by atoms with Crippen molar-refractivity contribution in [3.8, 4) is 0 Å². The maximum Gasteiger partial charge on any atom is 0.292 e. The number of carbonyl (C=O) groups excluding carboxylic acids is 1. The van der Waals surface area contributed by atoms with Gasteiger partial charge in [0, 0.05) is 16.5 Å². The molecule has 0 bridgehead atoms. The van der Waals surface area contributed by atoms with Crippen molar-refractivity contribution < 1.29 is 9.72 Å². The van der Waals surface area contributed by atoms with E-state index in [9.17, 15) is 14.9 Å². The molecule has 0 fully saturated rings. The Bertz CT molecular complexity index is 733. The number of rotatable bonds is 3. The number of aryl methyl sites for hydroxylation is 2. The number of anilines is 2. The van der Waals surface area contributed by atoms with Crippen LogP contribution in [0, 0.1) is 10.1 Å². The Morgan fingerprint density at radius 2 is 2.14 bits per heavy atom. The highest BCUT2D eigenvalue weighted by Gasteiger charge is 2.19. The molecule has 0 saturated heterocycles. The summed E-state index contributed by atoms with van der Waals surface area (Å²) < 4.78 is 0. The molecule has 3 rings (SSSR count). The summed E-state index contributed by atoms with van der Waals surface area (Å²) in [5, 5.41) is 14.1. The van der Waals surface area contributed by atoms with Crippen molar-refractivity contribution >= 4 is 33.8 Å². The lowest BCUT2D eigenvalue weighted by Crippen LogP contribution is -2.12. The van der Waals surface area contributed by atoms with Crippen molar-refractivity contribution in [3.63, 3.8) is 0 Å². The molecular formula is C14H14N4O3S. The van der Waals surface area contributed by atoms with E-state index in [2.05, 4.69) is 10.3 Å². The summed E-state index contributed by atoms with van der Waals surface area (Å²) in [4.78, 5) is 28.1. The van der Waals surface area contributed by atoms with Crippen LogP contribution >= 0.6 is 11.3 Å². The second-order valence-corrected chi connectivity index (χ2v) is 6.16. The van der Waals surface area contributed by atoms with Gasteiger partial charge in [-0.15, -0.1) is 11.3 Å². The first kappa shape index (κ1) is 14.5. The van der Waals surface area contributed by atoms with E-state index in [4.69, 9.17) is 5.73 Å². The molecule has 1 aromatic heterocycles. The number of fused-ring (bicyclic) bond motifs is 1. The van der Waals surface area contributed by atoms with Gasteiger partial charge in [0.05, 0.1) is 10.6 Å². The highest BCUT2D eigenvalue weighted by Crippen LogP contribution is 2.30. The fourth-order valence-electron chi connectivity index (χ4n) is 2.42. The first-order valence-electron chi connectivity index (χ1n) is 6.88. The average molecular weight is 318 g/mol. The minimum absolute atomic E-state index is 0.0336. The molecule has 1 aromatic carbocycles. The van der Waals surface area contributed by atoms with Gasteiger partial charge in [0.25, 0.3) is 11.6 Å². The quantitative estimate of drug-likeness (QED) is 0.513. The predicted molar refractivity (Wildman–Crippen MR) is 84.2 cm³/mol. The third-order valence-corrected chi connectivity index (χ3v) is 4.63. The van der Waals surface area contributed by atoms with Gasteiger partial charge in [0.15, 0.2) is 5.13 Å². The van der Waals surface area contributed by atoms with Crippen LogP contribution in [-0.4, -0.2) is 15.8 Å². The van der Waals surface area contributed by atoms with Gasteiger partial charge in [-0.2, -0.15) is 0 Å². The summed E-state index contributed by atoms with van der Waals surface area (Å²) in [5.41, 5.74) is 6.53. The second-order valence-electron chi connectivity index (χ2n) is 5.08. The number of carbonyl (C=O) groups is 1. The first-order chi connectivity index (χ1) is 10.5. The zero-order chi connectivity index (χ0) is 15.7. The highest BCUT2D eigenvalue weighted by molar-refractivity contribution is 7.15. The van der Waals surface area contributed by atoms with E-state index in [1.54, 1.807) is 0 Å². The molecular weight excluding hydrogens is 304 g/mol. The molecule has 0 aliphatic heterocycles. The molecule has 0 spiro atoms. The molecule has 7 nitrogen and oxygen atoms in total. The van der Waals surface area contributed by atoms with Crippen LogP contribution in [0.4, 0.5) is 16.5 Å². The van der Waals surface area contributed by atoms with Crippen LogP contribution < -0.4 is 11.1 Å². The van der Waals surface area contributed by atoms with Crippen LogP contribution in [0.3, 0.4) is 0 Å². The molecule has 0 atom stereocenters. The lowest BCUT2D eigenvalue weighted by molar-refractivity contribution is -0.383. The smallest absolute Gasteiger partial charge is 0.292 e. The molecule has 1 heterocycles. The van der Waals surface area contributed by atoms with E-state index < -0.39 is 10.8 Å². The van der Waals surface area contributed by atoms with Gasteiger partial charge in [0.2, 0.25) is 0 Å². The normalized spacial score (nSPS) is 13.5. The lowest BCUT2D eigenvalue weighted by atomic mass is 10.0. The summed E-state index contributed by atoms with van der Waals surface area (Å²) >= 11 is 1.47. The molecule has 2 aromatic rings. The van der Waals surface area contributed by atoms with Crippen molar-refractivity contribution in [2.75, 3.05) is 11.1 Å². The van der Waals surface area contributed by atoms with Gasteiger partial charge in [-0.3, -0.25) is 20.2 Å². The zero-order valence-corrected chi connectivity index (χ0v) is 12.5. The second kappa shape index (κ2) is 5.72. The summed E-state index contributed by atoms with van der Waals surface area (Å²) in [7, 11) is 0. The van der Waals surface area contributed by atoms with Crippen LogP contribution in [0.5, 0.6) is 0 Å². The van der Waals surface area contributed by atoms with E-state index in [-0.39, 0.29) is 16.9 Å². The molecule has 1 amide bonds. The van der Waals surface area contributed by atoms with Crippen molar-refractivity contribution in [2.45, 2.75) is 25.7 Å². The summed E-state index contributed by atoms with van der Waals surface area (Å²) in [6, 6.07) is 4.00. The Balaban J connectivity index is 1.81. The molecule has 1 aliphatic carbocycles. The minimum atomic E-state index is -0.603. The molecule has 114 valence electrons. The summed E-state index contributed by atoms with van der Waals surface area (Å²) in [6.07, 6.45) is 4.20. The van der Waals surface area contributed by atoms with Crippen LogP contribution in [0.25, 0.3) is 0 Å². The number of benzene rings is 1. The van der Waals surface area contributed by atoms with Gasteiger partial charge in [-0.25, -0.2) is 4.98 Å². The number of hydrogen-bond donors (Lipinski definition) is 2. The number of hydrogen-bond acceptors (Lipinski definition) is 6. The maximum absolute atomic E-state index is 12.2. The fourth-order valence-corrected chi connectivity index (χ4v) is 3.46. The van der Waals surface area contributed by atoms with E-state index >= 15 is 0 Å². The van der Waals surface area contributed by atoms with Crippen LogP contribution in [0.1, 0.15) is 33.8 Å². The number of nitro benzene ring substituents is 1. The monoisotopic (exact) mass is 318 g/mol. The van der Waals surface area contributed by atoms with Gasteiger partial charge >= 0.3 is 0 Å². The van der Waals surface area contributed by atoms with E-state index in [1.165, 1.54) is 34.4 Å². The SMILES string of the molecule is Nc1ccc(C(=O)Nc2nc3c(s2)CCCC3)cc1[N+](=O)[O-]. The molecule has 22 heavy (non-hydrogen) atoms. The Morgan fingerprint density at radius 3 is 2.86 bits per heavy atom. The minimum Gasteiger partial charge on any atom is -0.393 e. The van der Waals surface area contributed by atoms with Crippen molar-refractivity contribution in [3.05, 3.63) is 44.4 Å².